The van der Waals surface area contributed by atoms with Gasteiger partial charge in [0.1, 0.15) is 18.8 Å². The second kappa shape index (κ2) is 7.07. The van der Waals surface area contributed by atoms with E-state index in [1.54, 1.807) is 0 Å². The summed E-state index contributed by atoms with van der Waals surface area (Å²) < 4.78 is 19.7. The number of nitrogens with zero attached hydrogens (tertiary/aromatic N) is 6. The van der Waals surface area contributed by atoms with E-state index in [-0.39, 0.29) is 42.7 Å². The van der Waals surface area contributed by atoms with Gasteiger partial charge in [0.15, 0.2) is 18.0 Å². The number of aryl methyl sites for hydroxylation is 1. The van der Waals surface area contributed by atoms with Gasteiger partial charge in [-0.05, 0) is 0 Å². The number of imidazole rings is 1. The first-order chi connectivity index (χ1) is 12.8. The quantitative estimate of drug-likeness (QED) is 0.369. The summed E-state index contributed by atoms with van der Waals surface area (Å²) in [6, 6.07) is 0. The minimum absolute atomic E-state index is 0.00132. The van der Waals surface area contributed by atoms with Crippen LogP contribution in [0.15, 0.2) is 37.5 Å². The number of hydrogen-bond acceptors (Lipinski definition) is 8. The third kappa shape index (κ3) is 3.33. The number of ether oxygens (including phenoxy) is 2. The number of allylic oxidation sites excluding steroid dienone is 1. The van der Waals surface area contributed by atoms with Crippen molar-refractivity contribution >= 4 is 11.2 Å². The van der Waals surface area contributed by atoms with Crippen LogP contribution in [0, 0.1) is 0 Å². The average molecular weight is 378 g/mol. The van der Waals surface area contributed by atoms with Crippen LogP contribution >= 0.6 is 0 Å². The van der Waals surface area contributed by atoms with E-state index in [0.717, 1.165) is 9.25 Å². The van der Waals surface area contributed by atoms with Crippen LogP contribution in [0.2, 0.25) is 0 Å². The number of hydrogen-bond donors (Lipinski definition) is 0. The van der Waals surface area contributed by atoms with Crippen LogP contribution in [0.4, 0.5) is 0 Å². The van der Waals surface area contributed by atoms with Crippen molar-refractivity contribution in [3.05, 3.63) is 55.9 Å². The van der Waals surface area contributed by atoms with Crippen LogP contribution < -0.4 is 17.0 Å². The topological polar surface area (TPSA) is 128 Å². The van der Waals surface area contributed by atoms with Crippen LogP contribution in [-0.4, -0.2) is 42.4 Å². The van der Waals surface area contributed by atoms with E-state index >= 15 is 0 Å². The highest BCUT2D eigenvalue weighted by Gasteiger charge is 2.17. The normalized spacial score (nSPS) is 11.2. The fraction of sp³-hybridized carbons (Fsp3) is 0.400. The zero-order valence-electron chi connectivity index (χ0n) is 15.0. The van der Waals surface area contributed by atoms with E-state index in [9.17, 15) is 14.4 Å². The van der Waals surface area contributed by atoms with Gasteiger partial charge in [-0.15, -0.1) is 5.10 Å². The predicted octanol–water partition coefficient (Wildman–Crippen LogP) is -1.23. The molecule has 0 aliphatic rings. The Morgan fingerprint density at radius 3 is 2.70 bits per heavy atom. The largest absolute Gasteiger partial charge is 0.471 e. The predicted molar refractivity (Wildman–Crippen MR) is 92.2 cm³/mol. The molecule has 0 aromatic carbocycles. The Morgan fingerprint density at radius 2 is 2.00 bits per heavy atom. The lowest BCUT2D eigenvalue weighted by atomic mass is 10.5. The zero-order chi connectivity index (χ0) is 19.7. The minimum atomic E-state index is -0.697. The van der Waals surface area contributed by atoms with E-state index in [1.807, 2.05) is 0 Å². The Kier molecular flexibility index (Phi) is 4.81. The fourth-order valence-electron chi connectivity index (χ4n) is 2.53. The average Bonchev–Trinajstić information content (AvgIpc) is 3.20. The molecule has 27 heavy (non-hydrogen) atoms. The van der Waals surface area contributed by atoms with Crippen LogP contribution in [0.5, 0.6) is 0 Å². The summed E-state index contributed by atoms with van der Waals surface area (Å²) >= 11 is 0. The van der Waals surface area contributed by atoms with Gasteiger partial charge in [0.25, 0.3) is 5.56 Å². The highest BCUT2D eigenvalue weighted by molar-refractivity contribution is 5.70. The van der Waals surface area contributed by atoms with Gasteiger partial charge in [-0.2, -0.15) is 4.68 Å². The maximum atomic E-state index is 12.4. The monoisotopic (exact) mass is 378 g/mol. The first kappa shape index (κ1) is 18.4. The Bertz CT molecular complexity index is 1180. The molecule has 0 aliphatic carbocycles. The fourth-order valence-corrected chi connectivity index (χ4v) is 2.53. The molecular formula is C15H18N6O6. The maximum Gasteiger partial charge on any atom is 0.437 e. The van der Waals surface area contributed by atoms with Gasteiger partial charge in [0.05, 0.1) is 6.33 Å². The third-order valence-corrected chi connectivity index (χ3v) is 3.88. The first-order valence-electron chi connectivity index (χ1n) is 7.80. The number of fused-ring (bicyclic) bond motifs is 1. The van der Waals surface area contributed by atoms with Crippen molar-refractivity contribution < 1.29 is 13.9 Å². The van der Waals surface area contributed by atoms with Crippen molar-refractivity contribution in [2.24, 2.45) is 14.1 Å². The molecule has 12 heteroatoms. The Labute approximate surface area is 151 Å². The van der Waals surface area contributed by atoms with Gasteiger partial charge in [-0.3, -0.25) is 13.9 Å². The van der Waals surface area contributed by atoms with Crippen molar-refractivity contribution in [3.8, 4) is 0 Å². The molecule has 3 aromatic rings. The number of methoxy groups -OCH3 is 1. The molecule has 0 aliphatic heterocycles. The SMILES string of the molecule is C=C(Cn1nc(Cn2cnc3c2c(=O)n(C)c(=O)n3C)oc1=O)OCOC. The Morgan fingerprint density at radius 1 is 1.26 bits per heavy atom. The van der Waals surface area contributed by atoms with E-state index in [4.69, 9.17) is 13.9 Å². The summed E-state index contributed by atoms with van der Waals surface area (Å²) in [5, 5.41) is 4.06. The molecule has 3 aromatic heterocycles. The zero-order valence-corrected chi connectivity index (χ0v) is 15.0. The molecule has 0 fully saturated rings. The molecule has 0 spiro atoms. The van der Waals surface area contributed by atoms with E-state index < -0.39 is 17.0 Å². The van der Waals surface area contributed by atoms with Crippen LogP contribution in [0.25, 0.3) is 11.2 Å². The van der Waals surface area contributed by atoms with Gasteiger partial charge < -0.3 is 18.5 Å². The van der Waals surface area contributed by atoms with Crippen LogP contribution in [0.1, 0.15) is 5.89 Å². The van der Waals surface area contributed by atoms with Crippen molar-refractivity contribution in [2.45, 2.75) is 13.1 Å². The number of rotatable bonds is 7. The van der Waals surface area contributed by atoms with Crippen molar-refractivity contribution in [2.75, 3.05) is 13.9 Å². The molecule has 3 rings (SSSR count). The van der Waals surface area contributed by atoms with Gasteiger partial charge >= 0.3 is 11.4 Å². The van der Waals surface area contributed by atoms with Crippen molar-refractivity contribution in [1.82, 2.24) is 28.5 Å². The molecule has 0 unspecified atom stereocenters. The molecule has 144 valence electrons. The minimum Gasteiger partial charge on any atom is -0.471 e. The van der Waals surface area contributed by atoms with E-state index in [0.29, 0.717) is 0 Å². The second-order valence-electron chi connectivity index (χ2n) is 5.76. The standard InChI is InChI=1S/C15H18N6O6/c1-9(26-8-25-4)5-21-15(24)27-10(17-21)6-20-7-16-12-11(20)13(22)19(3)14(23)18(12)2/h7H,1,5-6,8H2,2-4H3. The highest BCUT2D eigenvalue weighted by atomic mass is 16.7. The summed E-state index contributed by atoms with van der Waals surface area (Å²) in [6.07, 6.45) is 1.38. The molecule has 3 heterocycles. The summed E-state index contributed by atoms with van der Waals surface area (Å²) in [7, 11) is 4.35. The molecule has 0 bridgehead atoms. The van der Waals surface area contributed by atoms with E-state index in [1.165, 1.54) is 36.7 Å². The summed E-state index contributed by atoms with van der Waals surface area (Å²) in [6.45, 7) is 3.64. The lowest BCUT2D eigenvalue weighted by molar-refractivity contribution is 0.00117. The lowest BCUT2D eigenvalue weighted by Crippen LogP contribution is -2.37. The van der Waals surface area contributed by atoms with Gasteiger partial charge in [-0.25, -0.2) is 14.6 Å². The third-order valence-electron chi connectivity index (χ3n) is 3.88. The lowest BCUT2D eigenvalue weighted by Gasteiger charge is -2.06. The van der Waals surface area contributed by atoms with E-state index in [2.05, 4.69) is 16.7 Å². The summed E-state index contributed by atoms with van der Waals surface area (Å²) in [5.74, 6) is -0.359. The molecule has 0 radical (unpaired) electrons. The highest BCUT2D eigenvalue weighted by Crippen LogP contribution is 2.08. The van der Waals surface area contributed by atoms with Gasteiger partial charge in [-0.1, -0.05) is 6.58 Å². The van der Waals surface area contributed by atoms with Crippen LogP contribution in [0.3, 0.4) is 0 Å². The molecule has 0 saturated heterocycles. The molecule has 0 amide bonds. The van der Waals surface area contributed by atoms with Crippen molar-refractivity contribution in [1.29, 1.82) is 0 Å². The second-order valence-corrected chi connectivity index (χ2v) is 5.76. The van der Waals surface area contributed by atoms with Gasteiger partial charge in [0.2, 0.25) is 5.89 Å². The summed E-state index contributed by atoms with van der Waals surface area (Å²) in [5.41, 5.74) is -0.562. The molecule has 0 N–H and O–H groups in total. The molecular weight excluding hydrogens is 360 g/mol. The molecule has 12 nitrogen and oxygen atoms in total. The van der Waals surface area contributed by atoms with Gasteiger partial charge in [0, 0.05) is 21.2 Å². The summed E-state index contributed by atoms with van der Waals surface area (Å²) in [4.78, 5) is 40.4. The first-order valence-corrected chi connectivity index (χ1v) is 7.80. The maximum absolute atomic E-state index is 12.4. The van der Waals surface area contributed by atoms with Crippen molar-refractivity contribution in [3.63, 3.8) is 0 Å². The van der Waals surface area contributed by atoms with Crippen LogP contribution in [-0.2, 0) is 36.7 Å². The molecule has 0 saturated carbocycles. The molecule has 0 atom stereocenters. The Balaban J connectivity index is 1.92. The number of aromatic nitrogens is 6. The Hall–Kier alpha value is -3.41. The smallest absolute Gasteiger partial charge is 0.437 e.